The maximum absolute atomic E-state index is 10.5. The molecule has 0 N–H and O–H groups in total. The van der Waals surface area contributed by atoms with Crippen molar-refractivity contribution in [1.82, 2.24) is 4.98 Å². The van der Waals surface area contributed by atoms with E-state index in [0.717, 1.165) is 23.0 Å². The summed E-state index contributed by atoms with van der Waals surface area (Å²) in [6, 6.07) is 9.21. The van der Waals surface area contributed by atoms with E-state index in [2.05, 4.69) is 17.1 Å². The second kappa shape index (κ2) is 5.16. The number of rotatable bonds is 2. The number of benzene rings is 1. The molecular weight excluding hydrogens is 303 g/mol. The van der Waals surface area contributed by atoms with Gasteiger partial charge in [-0.1, -0.05) is 13.0 Å². The molecule has 1 heterocycles. The number of hydrogen-bond acceptors (Lipinski definition) is 3. The third-order valence-corrected chi connectivity index (χ3v) is 2.23. The van der Waals surface area contributed by atoms with Crippen molar-refractivity contribution >= 4 is 40.6 Å². The molecule has 3 nitrogen and oxygen atoms in total. The summed E-state index contributed by atoms with van der Waals surface area (Å²) >= 11 is 0. The predicted octanol–water partition coefficient (Wildman–Crippen LogP) is 3.81. The topological polar surface area (TPSA) is 42.3 Å². The molecular formula is C11H11IN2O. The third-order valence-electron chi connectivity index (χ3n) is 2.23. The molecule has 2 rings (SSSR count). The minimum Gasteiger partial charge on any atom is -0.253 e. The van der Waals surface area contributed by atoms with Crippen LogP contribution in [0.15, 0.2) is 35.5 Å². The number of fused-ring (bicyclic) bond motifs is 1. The Balaban J connectivity index is 0.00000112. The zero-order chi connectivity index (χ0) is 9.97. The van der Waals surface area contributed by atoms with E-state index in [9.17, 15) is 4.91 Å². The van der Waals surface area contributed by atoms with Gasteiger partial charge in [0.1, 0.15) is 5.69 Å². The van der Waals surface area contributed by atoms with E-state index in [-0.39, 0.29) is 24.0 Å². The Labute approximate surface area is 105 Å². The van der Waals surface area contributed by atoms with E-state index in [1.165, 1.54) is 0 Å². The lowest BCUT2D eigenvalue weighted by Gasteiger charge is -2.01. The molecule has 0 saturated heterocycles. The lowest BCUT2D eigenvalue weighted by atomic mass is 10.1. The first-order valence-corrected chi connectivity index (χ1v) is 4.57. The molecule has 0 fully saturated rings. The van der Waals surface area contributed by atoms with Crippen LogP contribution in [0.4, 0.5) is 5.69 Å². The van der Waals surface area contributed by atoms with Gasteiger partial charge in [0, 0.05) is 11.1 Å². The highest BCUT2D eigenvalue weighted by Gasteiger charge is 2.01. The minimum absolute atomic E-state index is 0. The number of aryl methyl sites for hydroxylation is 1. The summed E-state index contributed by atoms with van der Waals surface area (Å²) in [5, 5.41) is 3.78. The monoisotopic (exact) mass is 314 g/mol. The number of pyridine rings is 1. The summed E-state index contributed by atoms with van der Waals surface area (Å²) < 4.78 is 0. The summed E-state index contributed by atoms with van der Waals surface area (Å²) in [7, 11) is 0. The quantitative estimate of drug-likeness (QED) is 0.625. The molecule has 1 aromatic heterocycles. The second-order valence-corrected chi connectivity index (χ2v) is 3.09. The Morgan fingerprint density at radius 1 is 1.27 bits per heavy atom. The molecule has 0 spiro atoms. The second-order valence-electron chi connectivity index (χ2n) is 3.09. The highest BCUT2D eigenvalue weighted by atomic mass is 127. The van der Waals surface area contributed by atoms with Crippen molar-refractivity contribution in [3.8, 4) is 0 Å². The van der Waals surface area contributed by atoms with Gasteiger partial charge in [-0.25, -0.2) is 0 Å². The minimum atomic E-state index is 0. The van der Waals surface area contributed by atoms with Crippen LogP contribution in [0, 0.1) is 4.91 Å². The maximum atomic E-state index is 10.5. The third kappa shape index (κ3) is 2.31. The molecule has 0 atom stereocenters. The molecule has 1 aromatic carbocycles. The van der Waals surface area contributed by atoms with Crippen LogP contribution in [0.5, 0.6) is 0 Å². The molecule has 2 aromatic rings. The highest BCUT2D eigenvalue weighted by Crippen LogP contribution is 2.24. The van der Waals surface area contributed by atoms with Gasteiger partial charge in [0.05, 0.1) is 5.52 Å². The molecule has 0 amide bonds. The molecule has 4 heteroatoms. The number of halogens is 1. The summed E-state index contributed by atoms with van der Waals surface area (Å²) in [5.74, 6) is 0. The van der Waals surface area contributed by atoms with E-state index in [0.29, 0.717) is 5.69 Å². The summed E-state index contributed by atoms with van der Waals surface area (Å²) in [6.07, 6.45) is 0.898. The molecule has 0 bridgehead atoms. The first kappa shape index (κ1) is 12.0. The fourth-order valence-corrected chi connectivity index (χ4v) is 1.46. The van der Waals surface area contributed by atoms with Gasteiger partial charge in [0.15, 0.2) is 0 Å². The largest absolute Gasteiger partial charge is 0.253 e. The summed E-state index contributed by atoms with van der Waals surface area (Å²) in [4.78, 5) is 14.9. The van der Waals surface area contributed by atoms with E-state index in [1.54, 1.807) is 12.1 Å². The molecule has 0 aliphatic rings. The van der Waals surface area contributed by atoms with Crippen molar-refractivity contribution in [2.45, 2.75) is 13.3 Å². The van der Waals surface area contributed by atoms with Crippen molar-refractivity contribution in [2.75, 3.05) is 0 Å². The molecule has 0 aliphatic heterocycles. The van der Waals surface area contributed by atoms with Gasteiger partial charge in [-0.15, -0.1) is 28.9 Å². The van der Waals surface area contributed by atoms with Crippen LogP contribution in [0.1, 0.15) is 12.6 Å². The van der Waals surface area contributed by atoms with E-state index >= 15 is 0 Å². The smallest absolute Gasteiger partial charge is 0.117 e. The standard InChI is InChI=1S/C11H10N2O.HI/c1-2-8-6-7-9-10(12-8)4-3-5-11(9)13-14;/h3-7H,2H2,1H3;1H. The normalized spacial score (nSPS) is 9.67. The van der Waals surface area contributed by atoms with Crippen LogP contribution >= 0.6 is 24.0 Å². The summed E-state index contributed by atoms with van der Waals surface area (Å²) in [6.45, 7) is 2.05. The average Bonchev–Trinajstić information content (AvgIpc) is 2.27. The first-order valence-electron chi connectivity index (χ1n) is 4.57. The van der Waals surface area contributed by atoms with Crippen molar-refractivity contribution in [3.63, 3.8) is 0 Å². The zero-order valence-corrected chi connectivity index (χ0v) is 10.6. The van der Waals surface area contributed by atoms with E-state index < -0.39 is 0 Å². The average molecular weight is 314 g/mol. The molecule has 78 valence electrons. The van der Waals surface area contributed by atoms with Gasteiger partial charge in [0.2, 0.25) is 0 Å². The van der Waals surface area contributed by atoms with Crippen LogP contribution < -0.4 is 0 Å². The van der Waals surface area contributed by atoms with Crippen LogP contribution in [-0.2, 0) is 6.42 Å². The van der Waals surface area contributed by atoms with Gasteiger partial charge in [-0.3, -0.25) is 4.98 Å². The van der Waals surface area contributed by atoms with Gasteiger partial charge >= 0.3 is 0 Å². The number of aromatic nitrogens is 1. The molecule has 0 radical (unpaired) electrons. The van der Waals surface area contributed by atoms with Gasteiger partial charge < -0.3 is 0 Å². The Morgan fingerprint density at radius 3 is 2.73 bits per heavy atom. The number of hydrogen-bond donors (Lipinski definition) is 0. The van der Waals surface area contributed by atoms with E-state index in [1.807, 2.05) is 18.2 Å². The van der Waals surface area contributed by atoms with Gasteiger partial charge in [0.25, 0.3) is 0 Å². The fourth-order valence-electron chi connectivity index (χ4n) is 1.46. The van der Waals surface area contributed by atoms with Crippen LogP contribution in [0.3, 0.4) is 0 Å². The lowest BCUT2D eigenvalue weighted by Crippen LogP contribution is -1.86. The highest BCUT2D eigenvalue weighted by molar-refractivity contribution is 14.0. The SMILES string of the molecule is CCc1ccc2c(N=O)cccc2n1.I. The van der Waals surface area contributed by atoms with Crippen molar-refractivity contribution in [3.05, 3.63) is 40.9 Å². The molecule has 15 heavy (non-hydrogen) atoms. The Morgan fingerprint density at radius 2 is 2.07 bits per heavy atom. The van der Waals surface area contributed by atoms with Crippen LogP contribution in [-0.4, -0.2) is 4.98 Å². The van der Waals surface area contributed by atoms with Crippen LogP contribution in [0.25, 0.3) is 10.9 Å². The van der Waals surface area contributed by atoms with Crippen molar-refractivity contribution in [1.29, 1.82) is 0 Å². The molecule has 0 unspecified atom stereocenters. The number of nitroso groups, excluding NO2 is 1. The van der Waals surface area contributed by atoms with E-state index in [4.69, 9.17) is 0 Å². The lowest BCUT2D eigenvalue weighted by molar-refractivity contribution is 1.06. The Kier molecular flexibility index (Phi) is 4.14. The Hall–Kier alpha value is -1.04. The van der Waals surface area contributed by atoms with Crippen molar-refractivity contribution < 1.29 is 0 Å². The van der Waals surface area contributed by atoms with Crippen molar-refractivity contribution in [2.24, 2.45) is 5.18 Å². The number of nitrogens with zero attached hydrogens (tertiary/aromatic N) is 2. The zero-order valence-electron chi connectivity index (χ0n) is 8.30. The molecule has 0 aliphatic carbocycles. The fraction of sp³-hybridized carbons (Fsp3) is 0.182. The molecule has 0 saturated carbocycles. The van der Waals surface area contributed by atoms with Gasteiger partial charge in [-0.05, 0) is 35.9 Å². The maximum Gasteiger partial charge on any atom is 0.117 e. The van der Waals surface area contributed by atoms with Gasteiger partial charge in [-0.2, -0.15) is 0 Å². The van der Waals surface area contributed by atoms with Crippen LogP contribution in [0.2, 0.25) is 0 Å². The summed E-state index contributed by atoms with van der Waals surface area (Å²) in [5.41, 5.74) is 2.32. The predicted molar refractivity (Wildman–Crippen MR) is 72.0 cm³/mol. The first-order chi connectivity index (χ1) is 6.85. The Bertz CT molecular complexity index is 485.